The van der Waals surface area contributed by atoms with Gasteiger partial charge >= 0.3 is 23.9 Å². The van der Waals surface area contributed by atoms with Gasteiger partial charge in [0.05, 0.1) is 13.2 Å². The molecule has 310 valence electrons. The van der Waals surface area contributed by atoms with Crippen molar-refractivity contribution in [2.45, 2.75) is 140 Å². The number of fused-ring (bicyclic) bond motifs is 4. The predicted molar refractivity (Wildman–Crippen MR) is 198 cm³/mol. The van der Waals surface area contributed by atoms with Crippen LogP contribution in [0.1, 0.15) is 116 Å². The summed E-state index contributed by atoms with van der Waals surface area (Å²) in [7, 11) is 0. The molecule has 0 aromatic heterocycles. The summed E-state index contributed by atoms with van der Waals surface area (Å²) in [6.07, 6.45) is 13.7. The Hall–Kier alpha value is -4.50. The van der Waals surface area contributed by atoms with Gasteiger partial charge in [0, 0.05) is 51.9 Å². The first kappa shape index (κ1) is 42.6. The molecule has 6 aliphatic heterocycles. The molecule has 16 heteroatoms. The van der Waals surface area contributed by atoms with Gasteiger partial charge in [0.2, 0.25) is 23.6 Å². The molecule has 5 saturated heterocycles. The fraction of sp³-hybridized carbons (Fsp3) is 0.750. The van der Waals surface area contributed by atoms with Gasteiger partial charge in [0.15, 0.2) is 0 Å². The van der Waals surface area contributed by atoms with Crippen LogP contribution in [-0.2, 0) is 57.3 Å². The summed E-state index contributed by atoms with van der Waals surface area (Å²) in [4.78, 5) is 106. The molecule has 0 saturated carbocycles. The fourth-order valence-electron chi connectivity index (χ4n) is 8.25. The zero-order valence-electron chi connectivity index (χ0n) is 32.5. The molecule has 0 unspecified atom stereocenters. The minimum Gasteiger partial charge on any atom is -0.464 e. The van der Waals surface area contributed by atoms with E-state index in [0.29, 0.717) is 116 Å². The van der Waals surface area contributed by atoms with Crippen molar-refractivity contribution in [3.05, 3.63) is 12.2 Å². The Morgan fingerprint density at radius 2 is 0.625 bits per heavy atom. The molecule has 6 aliphatic rings. The summed E-state index contributed by atoms with van der Waals surface area (Å²) in [6.45, 7) is 2.96. The van der Waals surface area contributed by atoms with Gasteiger partial charge in [0.1, 0.15) is 37.4 Å². The van der Waals surface area contributed by atoms with E-state index in [4.69, 9.17) is 18.9 Å². The van der Waals surface area contributed by atoms with Crippen LogP contribution in [-0.4, -0.2) is 144 Å². The van der Waals surface area contributed by atoms with Crippen LogP contribution in [0, 0.1) is 0 Å². The number of carbonyl (C=O) groups is 8. The van der Waals surface area contributed by atoms with Crippen molar-refractivity contribution >= 4 is 47.5 Å². The van der Waals surface area contributed by atoms with E-state index in [9.17, 15) is 38.4 Å². The second-order valence-corrected chi connectivity index (χ2v) is 15.2. The number of cyclic esters (lactones) is 4. The lowest BCUT2D eigenvalue weighted by atomic mass is 10.1. The molecule has 56 heavy (non-hydrogen) atoms. The first-order valence-electron chi connectivity index (χ1n) is 20.6. The lowest BCUT2D eigenvalue weighted by molar-refractivity contribution is -0.155. The summed E-state index contributed by atoms with van der Waals surface area (Å²) < 4.78 is 21.2. The number of esters is 4. The minimum absolute atomic E-state index is 0.0457. The third-order valence-electron chi connectivity index (χ3n) is 11.3. The minimum atomic E-state index is -0.524. The van der Waals surface area contributed by atoms with Crippen molar-refractivity contribution in [3.8, 4) is 0 Å². The normalized spacial score (nSPS) is 28.6. The molecule has 0 aliphatic carbocycles. The van der Waals surface area contributed by atoms with Gasteiger partial charge in [-0.1, -0.05) is 0 Å². The fourth-order valence-corrected chi connectivity index (χ4v) is 8.25. The average Bonchev–Trinajstić information content (AvgIpc) is 4.03. The Kier molecular flexibility index (Phi) is 16.5. The van der Waals surface area contributed by atoms with Gasteiger partial charge in [-0.3, -0.25) is 19.2 Å². The Bertz CT molecular complexity index is 1360. The molecule has 6 heterocycles. The molecule has 0 aromatic carbocycles. The molecular formula is C40H58N4O12. The molecule has 0 aromatic rings. The maximum Gasteiger partial charge on any atom is 0.329 e. The Morgan fingerprint density at radius 3 is 0.911 bits per heavy atom. The van der Waals surface area contributed by atoms with Gasteiger partial charge in [0.25, 0.3) is 0 Å². The lowest BCUT2D eigenvalue weighted by Crippen LogP contribution is -2.42. The molecular weight excluding hydrogens is 728 g/mol. The summed E-state index contributed by atoms with van der Waals surface area (Å²) >= 11 is 0. The van der Waals surface area contributed by atoms with Crippen molar-refractivity contribution in [2.24, 2.45) is 0 Å². The van der Waals surface area contributed by atoms with E-state index in [1.165, 1.54) is 0 Å². The van der Waals surface area contributed by atoms with E-state index in [1.807, 2.05) is 0 Å². The molecule has 4 amide bonds. The van der Waals surface area contributed by atoms with Crippen molar-refractivity contribution in [1.82, 2.24) is 19.6 Å². The van der Waals surface area contributed by atoms with Crippen LogP contribution < -0.4 is 0 Å². The zero-order chi connectivity index (χ0) is 39.9. The highest BCUT2D eigenvalue weighted by atomic mass is 16.5. The third kappa shape index (κ3) is 11.8. The predicted octanol–water partition coefficient (Wildman–Crippen LogP) is 2.59. The largest absolute Gasteiger partial charge is 0.464 e. The van der Waals surface area contributed by atoms with Crippen LogP contribution in [0.3, 0.4) is 0 Å². The summed E-state index contributed by atoms with van der Waals surface area (Å²) in [5.74, 6) is -1.71. The number of nitrogens with zero attached hydrogens (tertiary/aromatic N) is 4. The average molecular weight is 787 g/mol. The monoisotopic (exact) mass is 786 g/mol. The standard InChI is InChI=1S/C20H30N2O6.C20H28N2O6/c2*23-17-9-1-2-10-18(24)22-12-6-8-16(22)20(26)28-14-4-3-13-27-19(25)15-7-5-11-21(15)17/h15-16H,1-14H2;3-4,15-16H,1-2,5-14H2/t2*15-,16-/m11/s1. The van der Waals surface area contributed by atoms with Crippen LogP contribution in [0.25, 0.3) is 0 Å². The maximum absolute atomic E-state index is 12.5. The van der Waals surface area contributed by atoms with Gasteiger partial charge in [-0.25, -0.2) is 19.2 Å². The molecule has 4 atom stereocenters. The zero-order valence-corrected chi connectivity index (χ0v) is 32.5. The molecule has 5 fully saturated rings. The summed E-state index contributed by atoms with van der Waals surface area (Å²) in [5.41, 5.74) is 0. The van der Waals surface area contributed by atoms with E-state index >= 15 is 0 Å². The highest BCUT2D eigenvalue weighted by Gasteiger charge is 2.38. The Balaban J connectivity index is 0.000000214. The maximum atomic E-state index is 12.5. The third-order valence-corrected chi connectivity index (χ3v) is 11.3. The van der Waals surface area contributed by atoms with Gasteiger partial charge in [-0.05, 0) is 102 Å². The van der Waals surface area contributed by atoms with Gasteiger partial charge < -0.3 is 38.5 Å². The number of hydrogen-bond acceptors (Lipinski definition) is 12. The van der Waals surface area contributed by atoms with Crippen molar-refractivity contribution < 1.29 is 57.3 Å². The van der Waals surface area contributed by atoms with Crippen molar-refractivity contribution in [3.63, 3.8) is 0 Å². The van der Waals surface area contributed by atoms with Crippen LogP contribution in [0.4, 0.5) is 0 Å². The summed E-state index contributed by atoms with van der Waals surface area (Å²) in [6, 6.07) is -2.03. The molecule has 6 rings (SSSR count). The Morgan fingerprint density at radius 1 is 0.357 bits per heavy atom. The molecule has 0 radical (unpaired) electrons. The number of ether oxygens (including phenoxy) is 4. The molecule has 0 N–H and O–H groups in total. The van der Waals surface area contributed by atoms with E-state index in [2.05, 4.69) is 0 Å². The lowest BCUT2D eigenvalue weighted by Gasteiger charge is -2.24. The molecule has 16 nitrogen and oxygen atoms in total. The highest BCUT2D eigenvalue weighted by molar-refractivity contribution is 5.87. The second-order valence-electron chi connectivity index (χ2n) is 15.2. The quantitative estimate of drug-likeness (QED) is 0.199. The van der Waals surface area contributed by atoms with E-state index in [-0.39, 0.29) is 62.0 Å². The van der Waals surface area contributed by atoms with Crippen LogP contribution in [0.2, 0.25) is 0 Å². The first-order valence-corrected chi connectivity index (χ1v) is 20.6. The molecule has 0 spiro atoms. The first-order chi connectivity index (χ1) is 27.2. The van der Waals surface area contributed by atoms with Gasteiger partial charge in [-0.2, -0.15) is 0 Å². The van der Waals surface area contributed by atoms with E-state index in [0.717, 1.165) is 25.7 Å². The van der Waals surface area contributed by atoms with Crippen molar-refractivity contribution in [2.75, 3.05) is 52.6 Å². The number of carbonyl (C=O) groups excluding carboxylic acids is 8. The van der Waals surface area contributed by atoms with Crippen LogP contribution >= 0.6 is 0 Å². The topological polar surface area (TPSA) is 186 Å². The van der Waals surface area contributed by atoms with Crippen LogP contribution in [0.5, 0.6) is 0 Å². The van der Waals surface area contributed by atoms with Gasteiger partial charge in [-0.15, -0.1) is 0 Å². The smallest absolute Gasteiger partial charge is 0.329 e. The number of rotatable bonds is 0. The van der Waals surface area contributed by atoms with E-state index < -0.39 is 36.1 Å². The van der Waals surface area contributed by atoms with E-state index in [1.54, 1.807) is 31.8 Å². The second kappa shape index (κ2) is 21.7. The summed E-state index contributed by atoms with van der Waals surface area (Å²) in [5, 5.41) is 0. The number of amides is 4. The SMILES string of the molecule is O=C1OCC=CCOC(=O)[C@H]2CCCN2C(=O)CCCCC(=O)N2CCC[C@H]12.O=C1OCCCCOC(=O)[C@H]2CCCN2C(=O)CCCCC(=O)N2CCC[C@H]12. The molecule has 0 bridgehead atoms. The highest BCUT2D eigenvalue weighted by Crippen LogP contribution is 2.25. The van der Waals surface area contributed by atoms with Crippen molar-refractivity contribution in [1.29, 1.82) is 0 Å². The Labute approximate surface area is 328 Å². The van der Waals surface area contributed by atoms with Crippen LogP contribution in [0.15, 0.2) is 12.2 Å². The number of hydrogen-bond donors (Lipinski definition) is 0.